The number of amides is 2. The summed E-state index contributed by atoms with van der Waals surface area (Å²) in [7, 11) is 0. The van der Waals surface area contributed by atoms with Gasteiger partial charge in [-0.3, -0.25) is 4.90 Å². The molecular weight excluding hydrogens is 328 g/mol. The molecule has 0 unspecified atom stereocenters. The van der Waals surface area contributed by atoms with Crippen molar-refractivity contribution in [2.75, 3.05) is 18.1 Å². The average Bonchev–Trinajstić information content (AvgIpc) is 3.45. The molecule has 2 saturated carbocycles. The standard InChI is InChI=1S/C21H28N2O3/c1-2-26-19(24)17-9-5-6-10-18(17)22-15-21(13-7-3-4-8-14-21)23(20(22)25)16-11-12-16/h5-6,9-10,16H,2-4,7-8,11-15H2,1H3. The zero-order valence-corrected chi connectivity index (χ0v) is 15.6. The predicted molar refractivity (Wildman–Crippen MR) is 100 cm³/mol. The number of para-hydroxylation sites is 1. The number of hydrogen-bond acceptors (Lipinski definition) is 3. The Bertz CT molecular complexity index is 690. The number of esters is 1. The highest BCUT2D eigenvalue weighted by Gasteiger charge is 2.54. The number of hydrogen-bond donors (Lipinski definition) is 0. The monoisotopic (exact) mass is 356 g/mol. The van der Waals surface area contributed by atoms with E-state index in [0.29, 0.717) is 30.4 Å². The van der Waals surface area contributed by atoms with Crippen molar-refractivity contribution in [2.24, 2.45) is 0 Å². The molecule has 0 atom stereocenters. The van der Waals surface area contributed by atoms with Crippen molar-refractivity contribution in [3.05, 3.63) is 29.8 Å². The first-order valence-corrected chi connectivity index (χ1v) is 10.0. The smallest absolute Gasteiger partial charge is 0.340 e. The van der Waals surface area contributed by atoms with Gasteiger partial charge in [0, 0.05) is 6.04 Å². The van der Waals surface area contributed by atoms with E-state index in [2.05, 4.69) is 4.90 Å². The Morgan fingerprint density at radius 1 is 1.15 bits per heavy atom. The number of ether oxygens (including phenoxy) is 1. The second kappa shape index (κ2) is 6.93. The summed E-state index contributed by atoms with van der Waals surface area (Å²) in [5.74, 6) is -0.351. The molecule has 3 fully saturated rings. The molecular formula is C21H28N2O3. The molecule has 26 heavy (non-hydrogen) atoms. The van der Waals surface area contributed by atoms with E-state index < -0.39 is 0 Å². The molecule has 1 spiro atoms. The molecule has 2 amide bonds. The van der Waals surface area contributed by atoms with Crippen LogP contribution in [-0.4, -0.2) is 41.6 Å². The van der Waals surface area contributed by atoms with Gasteiger partial charge >= 0.3 is 12.0 Å². The van der Waals surface area contributed by atoms with E-state index >= 15 is 0 Å². The lowest BCUT2D eigenvalue weighted by atomic mass is 9.89. The Morgan fingerprint density at radius 2 is 1.85 bits per heavy atom. The number of benzene rings is 1. The van der Waals surface area contributed by atoms with Crippen LogP contribution in [0.4, 0.5) is 10.5 Å². The van der Waals surface area contributed by atoms with Crippen molar-refractivity contribution in [3.63, 3.8) is 0 Å². The molecule has 1 saturated heterocycles. The van der Waals surface area contributed by atoms with Crippen LogP contribution in [0, 0.1) is 0 Å². The zero-order valence-electron chi connectivity index (χ0n) is 15.6. The number of rotatable bonds is 4. The maximum absolute atomic E-state index is 13.4. The average molecular weight is 356 g/mol. The summed E-state index contributed by atoms with van der Waals surface area (Å²) in [5.41, 5.74) is 1.13. The maximum Gasteiger partial charge on any atom is 0.340 e. The SMILES string of the molecule is CCOC(=O)c1ccccc1N1CC2(CCCCCC2)N(C2CC2)C1=O. The van der Waals surface area contributed by atoms with Crippen LogP contribution in [-0.2, 0) is 4.74 Å². The van der Waals surface area contributed by atoms with Crippen LogP contribution in [0.3, 0.4) is 0 Å². The Hall–Kier alpha value is -2.04. The van der Waals surface area contributed by atoms with Gasteiger partial charge < -0.3 is 9.64 Å². The molecule has 2 aliphatic carbocycles. The summed E-state index contributed by atoms with van der Waals surface area (Å²) in [6.45, 7) is 2.83. The fourth-order valence-electron chi connectivity index (χ4n) is 4.71. The lowest BCUT2D eigenvalue weighted by Gasteiger charge is -2.36. The minimum Gasteiger partial charge on any atom is -0.462 e. The fraction of sp³-hybridized carbons (Fsp3) is 0.619. The molecule has 3 aliphatic rings. The van der Waals surface area contributed by atoms with E-state index in [1.807, 2.05) is 23.1 Å². The number of nitrogens with zero attached hydrogens (tertiary/aromatic N) is 2. The van der Waals surface area contributed by atoms with Crippen LogP contribution < -0.4 is 4.90 Å². The lowest BCUT2D eigenvalue weighted by molar-refractivity contribution is 0.0527. The first-order valence-electron chi connectivity index (χ1n) is 10.0. The molecule has 0 bridgehead atoms. The highest BCUT2D eigenvalue weighted by Crippen LogP contribution is 2.46. The summed E-state index contributed by atoms with van der Waals surface area (Å²) in [6, 6.07) is 7.83. The van der Waals surface area contributed by atoms with Crippen molar-refractivity contribution < 1.29 is 14.3 Å². The van der Waals surface area contributed by atoms with Crippen LogP contribution >= 0.6 is 0 Å². The van der Waals surface area contributed by atoms with E-state index in [4.69, 9.17) is 4.74 Å². The first kappa shape index (κ1) is 17.4. The van der Waals surface area contributed by atoms with Crippen LogP contribution in [0.15, 0.2) is 24.3 Å². The van der Waals surface area contributed by atoms with Crippen LogP contribution in [0.5, 0.6) is 0 Å². The summed E-state index contributed by atoms with van der Waals surface area (Å²) in [5, 5.41) is 0. The number of carbonyl (C=O) groups is 2. The summed E-state index contributed by atoms with van der Waals surface area (Å²) in [6.07, 6.45) is 9.26. The van der Waals surface area contributed by atoms with Crippen molar-refractivity contribution in [3.8, 4) is 0 Å². The van der Waals surface area contributed by atoms with Crippen molar-refractivity contribution >= 4 is 17.7 Å². The van der Waals surface area contributed by atoms with Gasteiger partial charge in [0.1, 0.15) is 0 Å². The molecule has 1 heterocycles. The van der Waals surface area contributed by atoms with Gasteiger partial charge in [0.25, 0.3) is 0 Å². The van der Waals surface area contributed by atoms with E-state index in [9.17, 15) is 9.59 Å². The third kappa shape index (κ3) is 2.97. The van der Waals surface area contributed by atoms with Gasteiger partial charge in [-0.05, 0) is 44.7 Å². The van der Waals surface area contributed by atoms with Crippen LogP contribution in [0.25, 0.3) is 0 Å². The van der Waals surface area contributed by atoms with Gasteiger partial charge in [0.05, 0.1) is 29.9 Å². The largest absolute Gasteiger partial charge is 0.462 e. The fourth-order valence-corrected chi connectivity index (χ4v) is 4.71. The topological polar surface area (TPSA) is 49.9 Å². The Kier molecular flexibility index (Phi) is 4.63. The Labute approximate surface area is 155 Å². The second-order valence-electron chi connectivity index (χ2n) is 7.85. The van der Waals surface area contributed by atoms with E-state index in [1.165, 1.54) is 25.7 Å². The van der Waals surface area contributed by atoms with E-state index in [0.717, 1.165) is 25.7 Å². The minimum atomic E-state index is -0.351. The number of carbonyl (C=O) groups excluding carboxylic acids is 2. The molecule has 1 aromatic rings. The molecule has 0 radical (unpaired) electrons. The molecule has 4 rings (SSSR count). The Morgan fingerprint density at radius 3 is 2.50 bits per heavy atom. The van der Waals surface area contributed by atoms with Crippen molar-refractivity contribution in [2.45, 2.75) is 69.9 Å². The molecule has 140 valence electrons. The molecule has 1 aromatic carbocycles. The van der Waals surface area contributed by atoms with Gasteiger partial charge in [-0.25, -0.2) is 9.59 Å². The lowest BCUT2D eigenvalue weighted by Crippen LogP contribution is -2.48. The summed E-state index contributed by atoms with van der Waals surface area (Å²) in [4.78, 5) is 29.8. The number of anilines is 1. The van der Waals surface area contributed by atoms with Gasteiger partial charge in [0.15, 0.2) is 0 Å². The maximum atomic E-state index is 13.4. The van der Waals surface area contributed by atoms with Gasteiger partial charge in [-0.15, -0.1) is 0 Å². The second-order valence-corrected chi connectivity index (χ2v) is 7.85. The van der Waals surface area contributed by atoms with Gasteiger partial charge in [-0.2, -0.15) is 0 Å². The molecule has 0 N–H and O–H groups in total. The molecule has 0 aromatic heterocycles. The van der Waals surface area contributed by atoms with E-state index in [1.54, 1.807) is 13.0 Å². The third-order valence-corrected chi connectivity index (χ3v) is 6.04. The van der Waals surface area contributed by atoms with E-state index in [-0.39, 0.29) is 17.5 Å². The number of urea groups is 1. The van der Waals surface area contributed by atoms with Crippen molar-refractivity contribution in [1.82, 2.24) is 4.90 Å². The van der Waals surface area contributed by atoms with Gasteiger partial charge in [-0.1, -0.05) is 37.8 Å². The zero-order chi connectivity index (χ0) is 18.1. The van der Waals surface area contributed by atoms with Crippen LogP contribution in [0.2, 0.25) is 0 Å². The Balaban J connectivity index is 1.70. The quantitative estimate of drug-likeness (QED) is 0.753. The minimum absolute atomic E-state index is 0.0590. The highest BCUT2D eigenvalue weighted by atomic mass is 16.5. The first-order chi connectivity index (χ1) is 12.7. The molecule has 5 nitrogen and oxygen atoms in total. The molecule has 1 aliphatic heterocycles. The summed E-state index contributed by atoms with van der Waals surface area (Å²) < 4.78 is 5.22. The molecule has 5 heteroatoms. The van der Waals surface area contributed by atoms with Gasteiger partial charge in [0.2, 0.25) is 0 Å². The van der Waals surface area contributed by atoms with Crippen LogP contribution in [0.1, 0.15) is 68.6 Å². The highest BCUT2D eigenvalue weighted by molar-refractivity contribution is 6.03. The normalized spacial score (nSPS) is 22.6. The summed E-state index contributed by atoms with van der Waals surface area (Å²) >= 11 is 0. The predicted octanol–water partition coefficient (Wildman–Crippen LogP) is 4.36. The third-order valence-electron chi connectivity index (χ3n) is 6.04. The van der Waals surface area contributed by atoms with Crippen molar-refractivity contribution in [1.29, 1.82) is 0 Å².